The van der Waals surface area contributed by atoms with E-state index in [4.69, 9.17) is 5.11 Å². The highest BCUT2D eigenvalue weighted by molar-refractivity contribution is 6.09. The average Bonchev–Trinajstić information content (AvgIpc) is 2.93. The van der Waals surface area contributed by atoms with Gasteiger partial charge in [-0.25, -0.2) is 0 Å². The molecule has 2 atom stereocenters. The van der Waals surface area contributed by atoms with Crippen LogP contribution in [0.1, 0.15) is 30.1 Å². The number of fused-ring (bicyclic) bond motifs is 2. The molecular weight excluding hydrogens is 532 g/mol. The maximum Gasteiger partial charge on any atom is 0.305 e. The Morgan fingerprint density at radius 2 is 1.71 bits per heavy atom. The zero-order valence-corrected chi connectivity index (χ0v) is 22.1. The molecule has 0 fully saturated rings. The second-order valence-electron chi connectivity index (χ2n) is 9.55. The maximum atomic E-state index is 13.9. The Bertz CT molecular complexity index is 1540. The SMILES string of the molecule is CC(=O)N1CC[C@H](NC(=O)c2ccc3cc(O)ccc3c2)C(=O)N(CC(=O)N[C@H](C=O)CC(=O)O)c2ccccc21. The van der Waals surface area contributed by atoms with Gasteiger partial charge in [-0.15, -0.1) is 0 Å². The van der Waals surface area contributed by atoms with Crippen molar-refractivity contribution in [2.75, 3.05) is 22.9 Å². The number of carbonyl (C=O) groups is 6. The van der Waals surface area contributed by atoms with Crippen LogP contribution in [0.3, 0.4) is 0 Å². The summed E-state index contributed by atoms with van der Waals surface area (Å²) < 4.78 is 0. The van der Waals surface area contributed by atoms with Crippen molar-refractivity contribution < 1.29 is 39.0 Å². The molecule has 41 heavy (non-hydrogen) atoms. The van der Waals surface area contributed by atoms with E-state index in [1.54, 1.807) is 54.6 Å². The van der Waals surface area contributed by atoms with E-state index in [2.05, 4.69) is 10.6 Å². The fourth-order valence-electron chi connectivity index (χ4n) is 4.69. The van der Waals surface area contributed by atoms with Crippen LogP contribution in [0.2, 0.25) is 0 Å². The number of hydrogen-bond donors (Lipinski definition) is 4. The van der Waals surface area contributed by atoms with E-state index in [1.165, 1.54) is 17.9 Å². The molecule has 12 heteroatoms. The van der Waals surface area contributed by atoms with E-state index in [1.807, 2.05) is 0 Å². The predicted molar refractivity (Wildman–Crippen MR) is 149 cm³/mol. The smallest absolute Gasteiger partial charge is 0.305 e. The Hall–Kier alpha value is -5.26. The lowest BCUT2D eigenvalue weighted by Gasteiger charge is -2.35. The molecule has 0 radical (unpaired) electrons. The van der Waals surface area contributed by atoms with E-state index in [9.17, 15) is 33.9 Å². The number of amides is 4. The summed E-state index contributed by atoms with van der Waals surface area (Å²) in [6.45, 7) is 0.863. The third kappa shape index (κ3) is 6.67. The van der Waals surface area contributed by atoms with Crippen LogP contribution in [-0.2, 0) is 24.0 Å². The fraction of sp³-hybridized carbons (Fsp3) is 0.241. The number of rotatable bonds is 8. The van der Waals surface area contributed by atoms with Crippen LogP contribution in [0.5, 0.6) is 5.75 Å². The number of aromatic hydroxyl groups is 1. The molecule has 0 aliphatic carbocycles. The molecule has 12 nitrogen and oxygen atoms in total. The number of aldehydes is 1. The van der Waals surface area contributed by atoms with Gasteiger partial charge in [0, 0.05) is 19.0 Å². The van der Waals surface area contributed by atoms with E-state index < -0.39 is 48.7 Å². The molecule has 0 saturated carbocycles. The third-order valence-corrected chi connectivity index (χ3v) is 6.65. The molecule has 212 valence electrons. The Kier molecular flexibility index (Phi) is 8.61. The van der Waals surface area contributed by atoms with Gasteiger partial charge in [0.05, 0.1) is 23.8 Å². The average molecular weight is 561 g/mol. The van der Waals surface area contributed by atoms with Crippen LogP contribution < -0.4 is 20.4 Å². The van der Waals surface area contributed by atoms with E-state index >= 15 is 0 Å². The molecule has 3 aromatic carbocycles. The van der Waals surface area contributed by atoms with E-state index in [0.29, 0.717) is 22.7 Å². The lowest BCUT2D eigenvalue weighted by Crippen LogP contribution is -2.55. The maximum absolute atomic E-state index is 13.9. The van der Waals surface area contributed by atoms with Crippen molar-refractivity contribution in [1.29, 1.82) is 0 Å². The first-order chi connectivity index (χ1) is 19.6. The van der Waals surface area contributed by atoms with Crippen molar-refractivity contribution in [3.05, 3.63) is 66.2 Å². The molecule has 0 aromatic heterocycles. The first kappa shape index (κ1) is 28.7. The largest absolute Gasteiger partial charge is 0.508 e. The van der Waals surface area contributed by atoms with Gasteiger partial charge < -0.3 is 30.5 Å². The van der Waals surface area contributed by atoms with Gasteiger partial charge in [0.1, 0.15) is 24.6 Å². The van der Waals surface area contributed by atoms with Gasteiger partial charge in [0.2, 0.25) is 17.7 Å². The van der Waals surface area contributed by atoms with Crippen LogP contribution >= 0.6 is 0 Å². The number of phenols is 1. The summed E-state index contributed by atoms with van der Waals surface area (Å²) in [5.74, 6) is -3.52. The summed E-state index contributed by atoms with van der Waals surface area (Å²) in [6, 6.07) is 13.5. The van der Waals surface area contributed by atoms with E-state index in [0.717, 1.165) is 4.90 Å². The molecule has 0 saturated heterocycles. The molecule has 4 rings (SSSR count). The van der Waals surface area contributed by atoms with Gasteiger partial charge >= 0.3 is 5.97 Å². The Labute approximate surface area is 234 Å². The number of carboxylic acids is 1. The van der Waals surface area contributed by atoms with Crippen molar-refractivity contribution in [3.8, 4) is 5.75 Å². The highest BCUT2D eigenvalue weighted by Gasteiger charge is 2.34. The number of phenolic OH excluding ortho intramolecular Hbond substituents is 1. The second kappa shape index (κ2) is 12.3. The number of carboxylic acid groups (broad SMARTS) is 1. The number of aliphatic carboxylic acids is 1. The van der Waals surface area contributed by atoms with Gasteiger partial charge in [0.15, 0.2) is 0 Å². The minimum atomic E-state index is -1.31. The number of nitrogens with one attached hydrogen (secondary N) is 2. The second-order valence-corrected chi connectivity index (χ2v) is 9.55. The monoisotopic (exact) mass is 560 g/mol. The van der Waals surface area contributed by atoms with Crippen molar-refractivity contribution >= 4 is 58.0 Å². The van der Waals surface area contributed by atoms with Crippen LogP contribution in [0.15, 0.2) is 60.7 Å². The summed E-state index contributed by atoms with van der Waals surface area (Å²) in [6.07, 6.45) is -0.309. The molecule has 4 N–H and O–H groups in total. The number of carbonyl (C=O) groups excluding carboxylic acids is 5. The number of para-hydroxylation sites is 2. The highest BCUT2D eigenvalue weighted by atomic mass is 16.4. The Morgan fingerprint density at radius 3 is 2.39 bits per heavy atom. The van der Waals surface area contributed by atoms with Crippen LogP contribution in [0.4, 0.5) is 11.4 Å². The first-order valence-electron chi connectivity index (χ1n) is 12.8. The van der Waals surface area contributed by atoms with Gasteiger partial charge in [0.25, 0.3) is 5.91 Å². The molecule has 0 bridgehead atoms. The van der Waals surface area contributed by atoms with Crippen molar-refractivity contribution in [3.63, 3.8) is 0 Å². The van der Waals surface area contributed by atoms with Crippen molar-refractivity contribution in [1.82, 2.24) is 10.6 Å². The predicted octanol–water partition coefficient (Wildman–Crippen LogP) is 1.59. The Balaban J connectivity index is 1.65. The topological polar surface area (TPSA) is 173 Å². The number of nitrogens with zero attached hydrogens (tertiary/aromatic N) is 2. The third-order valence-electron chi connectivity index (χ3n) is 6.65. The summed E-state index contributed by atoms with van der Waals surface area (Å²) >= 11 is 0. The van der Waals surface area contributed by atoms with Crippen LogP contribution in [0, 0.1) is 0 Å². The van der Waals surface area contributed by atoms with Crippen molar-refractivity contribution in [2.45, 2.75) is 31.8 Å². The molecule has 1 aliphatic heterocycles. The first-order valence-corrected chi connectivity index (χ1v) is 12.8. The van der Waals surface area contributed by atoms with Crippen molar-refractivity contribution in [2.24, 2.45) is 0 Å². The zero-order chi connectivity index (χ0) is 29.7. The Morgan fingerprint density at radius 1 is 1.02 bits per heavy atom. The molecule has 0 unspecified atom stereocenters. The highest BCUT2D eigenvalue weighted by Crippen LogP contribution is 2.32. The summed E-state index contributed by atoms with van der Waals surface area (Å²) in [4.78, 5) is 77.4. The molecule has 1 aliphatic rings. The van der Waals surface area contributed by atoms with Crippen LogP contribution in [-0.4, -0.2) is 71.3 Å². The van der Waals surface area contributed by atoms with Crippen LogP contribution in [0.25, 0.3) is 10.8 Å². The normalized spacial score (nSPS) is 15.7. The molecule has 4 amide bonds. The summed E-state index contributed by atoms with van der Waals surface area (Å²) in [5.41, 5.74) is 0.864. The van der Waals surface area contributed by atoms with E-state index in [-0.39, 0.29) is 35.9 Å². The lowest BCUT2D eigenvalue weighted by atomic mass is 10.0. The quantitative estimate of drug-likeness (QED) is 0.301. The lowest BCUT2D eigenvalue weighted by molar-refractivity contribution is -0.139. The minimum Gasteiger partial charge on any atom is -0.508 e. The number of anilines is 2. The summed E-state index contributed by atoms with van der Waals surface area (Å²) in [7, 11) is 0. The standard InChI is InChI=1S/C29H28N4O8/c1-17(35)32-11-10-23(31-28(40)20-7-6-19-13-22(36)9-8-18(19)12-20)29(41)33(25-5-3-2-4-24(25)32)15-26(37)30-21(16-34)14-27(38)39/h2-9,12-13,16,21,23,36H,10-11,14-15H2,1H3,(H,30,37)(H,31,40)(H,38,39)/t21-,23-/m0/s1. The number of hydrogen-bond acceptors (Lipinski definition) is 7. The van der Waals surface area contributed by atoms with Gasteiger partial charge in [-0.3, -0.25) is 28.9 Å². The zero-order valence-electron chi connectivity index (χ0n) is 22.1. The summed E-state index contributed by atoms with van der Waals surface area (Å²) in [5, 5.41) is 25.1. The number of benzene rings is 3. The molecular formula is C29H28N4O8. The van der Waals surface area contributed by atoms with Gasteiger partial charge in [-0.05, 0) is 53.6 Å². The molecule has 3 aromatic rings. The van der Waals surface area contributed by atoms with Gasteiger partial charge in [-0.1, -0.05) is 24.3 Å². The van der Waals surface area contributed by atoms with Gasteiger partial charge in [-0.2, -0.15) is 0 Å². The molecule has 0 spiro atoms. The minimum absolute atomic E-state index is 0.0358. The molecule has 1 heterocycles. The fourth-order valence-corrected chi connectivity index (χ4v) is 4.69.